The van der Waals surface area contributed by atoms with Crippen LogP contribution in [-0.4, -0.2) is 65.8 Å². The van der Waals surface area contributed by atoms with Gasteiger partial charge in [0.15, 0.2) is 0 Å². The number of para-hydroxylation sites is 2. The molecule has 0 unspecified atom stereocenters. The van der Waals surface area contributed by atoms with Crippen LogP contribution in [0.25, 0.3) is 11.0 Å². The smallest absolute Gasteiger partial charge is 0.320 e. The molecule has 3 rings (SSSR count). The third-order valence-electron chi connectivity index (χ3n) is 4.73. The maximum Gasteiger partial charge on any atom is 0.320 e. The van der Waals surface area contributed by atoms with Crippen molar-refractivity contribution < 1.29 is 13.5 Å². The molecule has 2 aromatic rings. The Hall–Kier alpha value is -1.57. The summed E-state index contributed by atoms with van der Waals surface area (Å²) in [4.78, 5) is 8.87. The molecule has 1 atom stereocenters. The predicted molar refractivity (Wildman–Crippen MR) is 89.3 cm³/mol. The average Bonchev–Trinajstić information content (AvgIpc) is 2.99. The van der Waals surface area contributed by atoms with E-state index in [1.165, 1.54) is 0 Å². The normalized spacial score (nSPS) is 17.9. The Balaban J connectivity index is 1.74. The van der Waals surface area contributed by atoms with Gasteiger partial charge in [0.05, 0.1) is 30.3 Å². The van der Waals surface area contributed by atoms with Crippen LogP contribution in [0.5, 0.6) is 0 Å². The molecule has 1 aromatic heterocycles. The number of ether oxygens (including phenoxy) is 1. The second kappa shape index (κ2) is 7.55. The lowest BCUT2D eigenvalue weighted by Gasteiger charge is -2.30. The monoisotopic (exact) mass is 338 g/mol. The Labute approximate surface area is 140 Å². The van der Waals surface area contributed by atoms with Crippen molar-refractivity contribution in [3.8, 4) is 0 Å². The highest BCUT2D eigenvalue weighted by atomic mass is 19.3. The van der Waals surface area contributed by atoms with E-state index in [-0.39, 0.29) is 6.04 Å². The van der Waals surface area contributed by atoms with Crippen molar-refractivity contribution in [2.24, 2.45) is 0 Å². The Bertz CT molecular complexity index is 670. The predicted octanol–water partition coefficient (Wildman–Crippen LogP) is 2.76. The van der Waals surface area contributed by atoms with E-state index in [0.29, 0.717) is 16.9 Å². The minimum absolute atomic E-state index is 0.188. The summed E-state index contributed by atoms with van der Waals surface area (Å²) in [5.41, 5.74) is 1.09. The van der Waals surface area contributed by atoms with Crippen LogP contribution in [0.2, 0.25) is 0 Å². The second-order valence-electron chi connectivity index (χ2n) is 6.22. The van der Waals surface area contributed by atoms with Gasteiger partial charge in [0, 0.05) is 26.2 Å². The topological polar surface area (TPSA) is 33.5 Å². The Kier molecular flexibility index (Phi) is 5.43. The highest BCUT2D eigenvalue weighted by Gasteiger charge is 2.24. The summed E-state index contributed by atoms with van der Waals surface area (Å²) in [5.74, 6) is 0.413. The third kappa shape index (κ3) is 3.58. The Morgan fingerprint density at radius 2 is 1.96 bits per heavy atom. The number of halogens is 2. The van der Waals surface area contributed by atoms with Gasteiger partial charge in [-0.1, -0.05) is 12.1 Å². The molecule has 0 radical (unpaired) electrons. The minimum atomic E-state index is -2.59. The Morgan fingerprint density at radius 1 is 1.25 bits per heavy atom. The van der Waals surface area contributed by atoms with Gasteiger partial charge in [-0.05, 0) is 26.1 Å². The molecule has 1 aliphatic rings. The molecule has 1 fully saturated rings. The van der Waals surface area contributed by atoms with Crippen LogP contribution in [-0.2, 0) is 4.74 Å². The summed E-state index contributed by atoms with van der Waals surface area (Å²) in [6, 6.07) is 6.87. The zero-order valence-electron chi connectivity index (χ0n) is 14.2. The fourth-order valence-corrected chi connectivity index (χ4v) is 3.08. The first-order valence-corrected chi connectivity index (χ1v) is 8.33. The number of aromatic nitrogens is 2. The minimum Gasteiger partial charge on any atom is -0.379 e. The highest BCUT2D eigenvalue weighted by molar-refractivity contribution is 5.76. The summed E-state index contributed by atoms with van der Waals surface area (Å²) in [5, 5.41) is 0. The van der Waals surface area contributed by atoms with Crippen LogP contribution in [0.1, 0.15) is 25.3 Å². The van der Waals surface area contributed by atoms with Gasteiger partial charge in [-0.25, -0.2) is 4.98 Å². The molecule has 1 saturated heterocycles. The van der Waals surface area contributed by atoms with Crippen molar-refractivity contribution in [1.29, 1.82) is 0 Å². The van der Waals surface area contributed by atoms with Crippen LogP contribution in [0.4, 0.5) is 8.78 Å². The van der Waals surface area contributed by atoms with Crippen molar-refractivity contribution in [2.45, 2.75) is 19.5 Å². The molecule has 1 aromatic carbocycles. The fraction of sp³-hybridized carbons (Fsp3) is 0.588. The number of likely N-dealkylation sites (N-methyl/N-ethyl adjacent to an activating group) is 1. The van der Waals surface area contributed by atoms with Gasteiger partial charge in [-0.2, -0.15) is 8.78 Å². The second-order valence-corrected chi connectivity index (χ2v) is 6.22. The van der Waals surface area contributed by atoms with Crippen LogP contribution in [0.3, 0.4) is 0 Å². The Morgan fingerprint density at radius 3 is 2.67 bits per heavy atom. The molecule has 0 amide bonds. The third-order valence-corrected chi connectivity index (χ3v) is 4.73. The summed E-state index contributed by atoms with van der Waals surface area (Å²) >= 11 is 0. The van der Waals surface area contributed by atoms with E-state index >= 15 is 0 Å². The molecule has 0 N–H and O–H groups in total. The van der Waals surface area contributed by atoms with Crippen molar-refractivity contribution >= 4 is 11.0 Å². The lowest BCUT2D eigenvalue weighted by atomic mass is 10.2. The molecule has 1 aliphatic heterocycles. The lowest BCUT2D eigenvalue weighted by Crippen LogP contribution is -2.41. The van der Waals surface area contributed by atoms with Gasteiger partial charge in [0.2, 0.25) is 0 Å². The number of hydrogen-bond donors (Lipinski definition) is 0. The first kappa shape index (κ1) is 17.3. The van der Waals surface area contributed by atoms with Gasteiger partial charge >= 0.3 is 6.55 Å². The molecule has 0 bridgehead atoms. The first-order valence-electron chi connectivity index (χ1n) is 8.33. The van der Waals surface area contributed by atoms with Crippen LogP contribution < -0.4 is 0 Å². The standard InChI is InChI=1S/C17H24F2N4O/c1-13(21(2)7-8-22-9-11-24-12-10-22)16-20-14-5-3-4-6-15(14)23(16)17(18)19/h3-6,13,17H,7-12H2,1-2H3/t13-/m0/s1. The van der Waals surface area contributed by atoms with Gasteiger partial charge < -0.3 is 4.74 Å². The van der Waals surface area contributed by atoms with E-state index < -0.39 is 6.55 Å². The van der Waals surface area contributed by atoms with Gasteiger partial charge in [0.25, 0.3) is 0 Å². The molecule has 24 heavy (non-hydrogen) atoms. The van der Waals surface area contributed by atoms with Crippen molar-refractivity contribution in [1.82, 2.24) is 19.4 Å². The molecule has 2 heterocycles. The molecule has 132 valence electrons. The molecule has 0 aliphatic carbocycles. The van der Waals surface area contributed by atoms with E-state index in [1.807, 2.05) is 20.0 Å². The molecule has 0 saturated carbocycles. The maximum atomic E-state index is 13.6. The number of alkyl halides is 2. The van der Waals surface area contributed by atoms with Gasteiger partial charge in [-0.15, -0.1) is 0 Å². The lowest BCUT2D eigenvalue weighted by molar-refractivity contribution is 0.0317. The SMILES string of the molecule is C[C@@H](c1nc2ccccc2n1C(F)F)N(C)CCN1CCOCC1. The van der Waals surface area contributed by atoms with Crippen molar-refractivity contribution in [3.05, 3.63) is 30.1 Å². The van der Waals surface area contributed by atoms with E-state index in [2.05, 4.69) is 14.8 Å². The van der Waals surface area contributed by atoms with Gasteiger partial charge in [0.1, 0.15) is 5.82 Å². The van der Waals surface area contributed by atoms with Crippen molar-refractivity contribution in [3.63, 3.8) is 0 Å². The number of imidazole rings is 1. The van der Waals surface area contributed by atoms with E-state index in [9.17, 15) is 8.78 Å². The number of rotatable bonds is 6. The zero-order chi connectivity index (χ0) is 17.1. The van der Waals surface area contributed by atoms with E-state index in [0.717, 1.165) is 44.0 Å². The van der Waals surface area contributed by atoms with Crippen LogP contribution in [0.15, 0.2) is 24.3 Å². The maximum absolute atomic E-state index is 13.6. The largest absolute Gasteiger partial charge is 0.379 e. The number of benzene rings is 1. The molecule has 0 spiro atoms. The number of morpholine rings is 1. The van der Waals surface area contributed by atoms with Crippen LogP contribution in [0, 0.1) is 0 Å². The fourth-order valence-electron chi connectivity index (χ4n) is 3.08. The molecular formula is C17H24F2N4O. The quantitative estimate of drug-likeness (QED) is 0.811. The molecule has 5 nitrogen and oxygen atoms in total. The summed E-state index contributed by atoms with van der Waals surface area (Å²) < 4.78 is 33.5. The zero-order valence-corrected chi connectivity index (χ0v) is 14.2. The number of nitrogens with zero attached hydrogens (tertiary/aromatic N) is 4. The molecule has 7 heteroatoms. The van der Waals surface area contributed by atoms with Gasteiger partial charge in [-0.3, -0.25) is 14.4 Å². The average molecular weight is 338 g/mol. The highest BCUT2D eigenvalue weighted by Crippen LogP contribution is 2.28. The van der Waals surface area contributed by atoms with Crippen LogP contribution >= 0.6 is 0 Å². The summed E-state index contributed by atoms with van der Waals surface area (Å²) in [7, 11) is 1.96. The van der Waals surface area contributed by atoms with E-state index in [1.54, 1.807) is 18.2 Å². The van der Waals surface area contributed by atoms with Crippen molar-refractivity contribution in [2.75, 3.05) is 46.4 Å². The first-order chi connectivity index (χ1) is 11.6. The van der Waals surface area contributed by atoms with E-state index in [4.69, 9.17) is 4.74 Å². The summed E-state index contributed by atoms with van der Waals surface area (Å²) in [6.45, 7) is 4.42. The number of fused-ring (bicyclic) bond motifs is 1. The number of hydrogen-bond acceptors (Lipinski definition) is 4. The summed E-state index contributed by atoms with van der Waals surface area (Å²) in [6.07, 6.45) is 0. The molecular weight excluding hydrogens is 314 g/mol.